The van der Waals surface area contributed by atoms with Crippen molar-refractivity contribution in [2.45, 2.75) is 20.4 Å². The van der Waals surface area contributed by atoms with Crippen LogP contribution in [-0.2, 0) is 11.3 Å². The van der Waals surface area contributed by atoms with E-state index in [-0.39, 0.29) is 17.7 Å². The molecule has 2 atom stereocenters. The molecule has 4 heteroatoms. The number of hydrogen-bond donors (Lipinski definition) is 1. The highest BCUT2D eigenvalue weighted by molar-refractivity contribution is 5.71. The molecule has 0 amide bonds. The number of hydrogen-bond acceptors (Lipinski definition) is 2. The van der Waals surface area contributed by atoms with E-state index in [4.69, 9.17) is 5.11 Å². The molecular formula is C14H18FNO2. The largest absolute Gasteiger partial charge is 0.481 e. The van der Waals surface area contributed by atoms with Gasteiger partial charge in [-0.2, -0.15) is 0 Å². The Kier molecular flexibility index (Phi) is 3.66. The maximum absolute atomic E-state index is 13.4. The van der Waals surface area contributed by atoms with E-state index in [1.54, 1.807) is 13.0 Å². The zero-order valence-electron chi connectivity index (χ0n) is 10.7. The van der Waals surface area contributed by atoms with Gasteiger partial charge >= 0.3 is 5.97 Å². The van der Waals surface area contributed by atoms with E-state index in [0.29, 0.717) is 18.7 Å². The minimum absolute atomic E-state index is 0.151. The number of carboxylic acid groups (broad SMARTS) is 1. The van der Waals surface area contributed by atoms with Gasteiger partial charge in [-0.05, 0) is 30.0 Å². The minimum Gasteiger partial charge on any atom is -0.481 e. The normalized spacial score (nSPS) is 24.4. The average molecular weight is 251 g/mol. The molecule has 1 aliphatic rings. The summed E-state index contributed by atoms with van der Waals surface area (Å²) in [7, 11) is 0. The predicted molar refractivity (Wildman–Crippen MR) is 66.7 cm³/mol. The van der Waals surface area contributed by atoms with Crippen LogP contribution in [0.4, 0.5) is 4.39 Å². The number of carboxylic acids is 1. The second-order valence-electron chi connectivity index (χ2n) is 5.20. The second kappa shape index (κ2) is 5.06. The lowest BCUT2D eigenvalue weighted by atomic mass is 9.99. The van der Waals surface area contributed by atoms with Gasteiger partial charge < -0.3 is 5.11 Å². The van der Waals surface area contributed by atoms with Crippen LogP contribution >= 0.6 is 0 Å². The summed E-state index contributed by atoms with van der Waals surface area (Å²) in [6, 6.07) is 5.20. The van der Waals surface area contributed by atoms with Crippen LogP contribution in [0.3, 0.4) is 0 Å². The Morgan fingerprint density at radius 2 is 2.22 bits per heavy atom. The van der Waals surface area contributed by atoms with Crippen molar-refractivity contribution in [1.29, 1.82) is 0 Å². The van der Waals surface area contributed by atoms with E-state index in [1.807, 2.05) is 13.0 Å². The first kappa shape index (κ1) is 13.0. The van der Waals surface area contributed by atoms with Gasteiger partial charge in [0.25, 0.3) is 0 Å². The first-order chi connectivity index (χ1) is 8.47. The molecular weight excluding hydrogens is 233 g/mol. The summed E-state index contributed by atoms with van der Waals surface area (Å²) in [5.74, 6) is -1.09. The van der Waals surface area contributed by atoms with Crippen molar-refractivity contribution in [2.24, 2.45) is 11.8 Å². The molecule has 0 saturated carbocycles. The fourth-order valence-electron chi connectivity index (χ4n) is 2.51. The number of rotatable bonds is 3. The van der Waals surface area contributed by atoms with Crippen molar-refractivity contribution >= 4 is 5.97 Å². The van der Waals surface area contributed by atoms with Crippen LogP contribution in [0.2, 0.25) is 0 Å². The van der Waals surface area contributed by atoms with E-state index in [0.717, 1.165) is 12.1 Å². The van der Waals surface area contributed by atoms with Crippen molar-refractivity contribution in [3.05, 3.63) is 35.1 Å². The molecule has 98 valence electrons. The fraction of sp³-hybridized carbons (Fsp3) is 0.500. The monoisotopic (exact) mass is 251 g/mol. The number of nitrogens with zero attached hydrogens (tertiary/aromatic N) is 1. The first-order valence-electron chi connectivity index (χ1n) is 6.17. The molecule has 0 spiro atoms. The van der Waals surface area contributed by atoms with Gasteiger partial charge in [0.2, 0.25) is 0 Å². The van der Waals surface area contributed by atoms with Crippen LogP contribution in [0.25, 0.3) is 0 Å². The van der Waals surface area contributed by atoms with Gasteiger partial charge in [-0.1, -0.05) is 19.1 Å². The highest BCUT2D eigenvalue weighted by Crippen LogP contribution is 2.25. The Balaban J connectivity index is 2.03. The predicted octanol–water partition coefficient (Wildman–Crippen LogP) is 2.29. The van der Waals surface area contributed by atoms with Gasteiger partial charge in [0.15, 0.2) is 0 Å². The van der Waals surface area contributed by atoms with Gasteiger partial charge in [0.05, 0.1) is 5.92 Å². The zero-order valence-corrected chi connectivity index (χ0v) is 10.7. The lowest BCUT2D eigenvalue weighted by Crippen LogP contribution is -2.23. The Morgan fingerprint density at radius 1 is 1.50 bits per heavy atom. The van der Waals surface area contributed by atoms with Crippen molar-refractivity contribution in [3.63, 3.8) is 0 Å². The van der Waals surface area contributed by atoms with Crippen molar-refractivity contribution < 1.29 is 14.3 Å². The maximum atomic E-state index is 13.4. The Hall–Kier alpha value is -1.42. The van der Waals surface area contributed by atoms with Crippen LogP contribution < -0.4 is 0 Å². The van der Waals surface area contributed by atoms with Gasteiger partial charge in [0.1, 0.15) is 5.82 Å². The Bertz CT molecular complexity index is 461. The number of halogens is 1. The summed E-state index contributed by atoms with van der Waals surface area (Å²) < 4.78 is 13.4. The third-order valence-electron chi connectivity index (χ3n) is 3.65. The third-order valence-corrected chi connectivity index (χ3v) is 3.65. The lowest BCUT2D eigenvalue weighted by molar-refractivity contribution is -0.142. The molecule has 1 fully saturated rings. The number of aliphatic carboxylic acids is 1. The first-order valence-corrected chi connectivity index (χ1v) is 6.17. The molecule has 1 aromatic rings. The lowest BCUT2D eigenvalue weighted by Gasteiger charge is -2.15. The number of likely N-dealkylation sites (tertiary alicyclic amines) is 1. The summed E-state index contributed by atoms with van der Waals surface area (Å²) in [6.45, 7) is 5.61. The molecule has 18 heavy (non-hydrogen) atoms. The van der Waals surface area contributed by atoms with Gasteiger partial charge in [0, 0.05) is 19.6 Å². The zero-order chi connectivity index (χ0) is 13.3. The van der Waals surface area contributed by atoms with Gasteiger partial charge in [-0.25, -0.2) is 4.39 Å². The Labute approximate surface area is 106 Å². The molecule has 1 heterocycles. The van der Waals surface area contributed by atoms with Crippen molar-refractivity contribution in [1.82, 2.24) is 4.90 Å². The van der Waals surface area contributed by atoms with Crippen LogP contribution in [-0.4, -0.2) is 29.1 Å². The van der Waals surface area contributed by atoms with Gasteiger partial charge in [-0.3, -0.25) is 9.69 Å². The molecule has 1 aliphatic heterocycles. The third kappa shape index (κ3) is 2.70. The number of benzene rings is 1. The number of carbonyl (C=O) groups is 1. The Morgan fingerprint density at radius 3 is 2.78 bits per heavy atom. The summed E-state index contributed by atoms with van der Waals surface area (Å²) >= 11 is 0. The minimum atomic E-state index is -0.736. The van der Waals surface area contributed by atoms with E-state index in [2.05, 4.69) is 4.90 Å². The summed E-state index contributed by atoms with van der Waals surface area (Å²) in [5.41, 5.74) is 1.54. The molecule has 0 aromatic heterocycles. The van der Waals surface area contributed by atoms with Crippen LogP contribution in [0.5, 0.6) is 0 Å². The molecule has 2 unspecified atom stereocenters. The number of aryl methyl sites for hydroxylation is 1. The molecule has 0 aliphatic carbocycles. The van der Waals surface area contributed by atoms with E-state index in [1.165, 1.54) is 6.07 Å². The molecule has 2 rings (SSSR count). The molecule has 1 N–H and O–H groups in total. The highest BCUT2D eigenvalue weighted by atomic mass is 19.1. The summed E-state index contributed by atoms with van der Waals surface area (Å²) in [6.07, 6.45) is 0. The van der Waals surface area contributed by atoms with Crippen LogP contribution in [0, 0.1) is 24.6 Å². The quantitative estimate of drug-likeness (QED) is 0.896. The van der Waals surface area contributed by atoms with Crippen LogP contribution in [0.1, 0.15) is 18.1 Å². The summed E-state index contributed by atoms with van der Waals surface area (Å²) in [4.78, 5) is 13.1. The van der Waals surface area contributed by atoms with E-state index in [9.17, 15) is 9.18 Å². The molecule has 1 saturated heterocycles. The molecule has 3 nitrogen and oxygen atoms in total. The second-order valence-corrected chi connectivity index (χ2v) is 5.20. The van der Waals surface area contributed by atoms with Crippen molar-refractivity contribution in [2.75, 3.05) is 13.1 Å². The van der Waals surface area contributed by atoms with E-state index < -0.39 is 5.97 Å². The smallest absolute Gasteiger partial charge is 0.308 e. The standard InChI is InChI=1S/C14H18FNO2/c1-9-3-4-11(5-13(9)15)7-16-6-10(2)12(8-16)14(17)18/h3-5,10,12H,6-8H2,1-2H3,(H,17,18). The molecule has 1 aromatic carbocycles. The average Bonchev–Trinajstić information content (AvgIpc) is 2.65. The van der Waals surface area contributed by atoms with Gasteiger partial charge in [-0.15, -0.1) is 0 Å². The van der Waals surface area contributed by atoms with Crippen molar-refractivity contribution in [3.8, 4) is 0 Å². The SMILES string of the molecule is Cc1ccc(CN2CC(C)C(C(=O)O)C2)cc1F. The topological polar surface area (TPSA) is 40.5 Å². The molecule has 0 radical (unpaired) electrons. The molecule has 0 bridgehead atoms. The van der Waals surface area contributed by atoms with E-state index >= 15 is 0 Å². The fourth-order valence-corrected chi connectivity index (χ4v) is 2.51. The maximum Gasteiger partial charge on any atom is 0.308 e. The van der Waals surface area contributed by atoms with Crippen LogP contribution in [0.15, 0.2) is 18.2 Å². The highest BCUT2D eigenvalue weighted by Gasteiger charge is 2.34. The summed E-state index contributed by atoms with van der Waals surface area (Å²) in [5, 5.41) is 9.06.